The van der Waals surface area contributed by atoms with E-state index in [0.29, 0.717) is 0 Å². The van der Waals surface area contributed by atoms with E-state index in [1.54, 1.807) is 0 Å². The molecule has 0 spiro atoms. The SMILES string of the molecule is CC1CCCC(N2CCC(CNC(C)(C)C)C2)C1C. The molecule has 2 aliphatic rings. The molecule has 0 aromatic carbocycles. The van der Waals surface area contributed by atoms with E-state index in [9.17, 15) is 0 Å². The lowest BCUT2D eigenvalue weighted by atomic mass is 9.77. The van der Waals surface area contributed by atoms with Gasteiger partial charge in [0.25, 0.3) is 0 Å². The quantitative estimate of drug-likeness (QED) is 0.841. The summed E-state index contributed by atoms with van der Waals surface area (Å²) in [6.07, 6.45) is 5.71. The van der Waals surface area contributed by atoms with Crippen molar-refractivity contribution in [2.45, 2.75) is 71.9 Å². The normalized spacial score (nSPS) is 37.7. The van der Waals surface area contributed by atoms with Crippen LogP contribution in [0.2, 0.25) is 0 Å². The monoisotopic (exact) mass is 266 g/mol. The second-order valence-corrected chi connectivity index (χ2v) is 8.12. The van der Waals surface area contributed by atoms with Crippen LogP contribution in [0.5, 0.6) is 0 Å². The Morgan fingerprint density at radius 1 is 1.11 bits per heavy atom. The van der Waals surface area contributed by atoms with Crippen molar-refractivity contribution in [1.82, 2.24) is 10.2 Å². The molecule has 1 aliphatic heterocycles. The number of nitrogens with one attached hydrogen (secondary N) is 1. The molecule has 0 bridgehead atoms. The summed E-state index contributed by atoms with van der Waals surface area (Å²) in [5.74, 6) is 2.68. The first-order valence-electron chi connectivity index (χ1n) is 8.36. The molecule has 1 heterocycles. The van der Waals surface area contributed by atoms with Gasteiger partial charge < -0.3 is 5.32 Å². The lowest BCUT2D eigenvalue weighted by Crippen LogP contribution is -2.44. The summed E-state index contributed by atoms with van der Waals surface area (Å²) in [4.78, 5) is 2.80. The maximum atomic E-state index is 3.68. The van der Waals surface area contributed by atoms with Crippen molar-refractivity contribution in [1.29, 1.82) is 0 Å². The van der Waals surface area contributed by atoms with E-state index in [4.69, 9.17) is 0 Å². The van der Waals surface area contributed by atoms with Crippen molar-refractivity contribution >= 4 is 0 Å². The smallest absolute Gasteiger partial charge is 0.0123 e. The second kappa shape index (κ2) is 6.13. The van der Waals surface area contributed by atoms with E-state index in [1.807, 2.05) is 0 Å². The van der Waals surface area contributed by atoms with E-state index in [0.717, 1.165) is 23.8 Å². The number of likely N-dealkylation sites (tertiary alicyclic amines) is 1. The van der Waals surface area contributed by atoms with Crippen LogP contribution in [0.1, 0.15) is 60.3 Å². The van der Waals surface area contributed by atoms with Crippen LogP contribution in [0.4, 0.5) is 0 Å². The molecule has 2 rings (SSSR count). The molecule has 0 radical (unpaired) electrons. The number of hydrogen-bond donors (Lipinski definition) is 1. The Bertz CT molecular complexity index is 281. The fourth-order valence-corrected chi connectivity index (χ4v) is 3.85. The van der Waals surface area contributed by atoms with E-state index >= 15 is 0 Å². The fraction of sp³-hybridized carbons (Fsp3) is 1.00. The first kappa shape index (κ1) is 15.3. The van der Waals surface area contributed by atoms with Crippen molar-refractivity contribution in [2.24, 2.45) is 17.8 Å². The standard InChI is InChI=1S/C17H34N2/c1-13-7-6-8-16(14(13)2)19-10-9-15(12-19)11-18-17(3,4)5/h13-16,18H,6-12H2,1-5H3. The van der Waals surface area contributed by atoms with Gasteiger partial charge in [-0.1, -0.05) is 26.7 Å². The molecule has 1 aliphatic carbocycles. The van der Waals surface area contributed by atoms with Gasteiger partial charge in [0.2, 0.25) is 0 Å². The maximum absolute atomic E-state index is 3.68. The zero-order valence-corrected chi connectivity index (χ0v) is 13.7. The molecule has 0 amide bonds. The van der Waals surface area contributed by atoms with Crippen LogP contribution in [0.15, 0.2) is 0 Å². The van der Waals surface area contributed by atoms with Crippen molar-refractivity contribution in [3.05, 3.63) is 0 Å². The third-order valence-corrected chi connectivity index (χ3v) is 5.37. The molecule has 1 saturated heterocycles. The molecule has 4 unspecified atom stereocenters. The summed E-state index contributed by atoms with van der Waals surface area (Å²) in [5.41, 5.74) is 0.264. The van der Waals surface area contributed by atoms with Crippen molar-refractivity contribution in [3.8, 4) is 0 Å². The molecule has 2 heteroatoms. The molecule has 19 heavy (non-hydrogen) atoms. The number of rotatable bonds is 3. The Kier molecular flexibility index (Phi) is 4.94. The fourth-order valence-electron chi connectivity index (χ4n) is 3.85. The van der Waals surface area contributed by atoms with Crippen molar-refractivity contribution < 1.29 is 0 Å². The predicted octanol–water partition coefficient (Wildman–Crippen LogP) is 3.52. The summed E-state index contributed by atoms with van der Waals surface area (Å²) in [5, 5.41) is 3.68. The van der Waals surface area contributed by atoms with Gasteiger partial charge in [-0.3, -0.25) is 4.90 Å². The van der Waals surface area contributed by atoms with Gasteiger partial charge in [-0.05, 0) is 64.5 Å². The average Bonchev–Trinajstić information content (AvgIpc) is 2.78. The van der Waals surface area contributed by atoms with Crippen LogP contribution in [0.25, 0.3) is 0 Å². The molecule has 112 valence electrons. The summed E-state index contributed by atoms with van der Waals surface area (Å²) >= 11 is 0. The Hall–Kier alpha value is -0.0800. The zero-order valence-electron chi connectivity index (χ0n) is 13.7. The molecule has 0 aromatic rings. The Morgan fingerprint density at radius 2 is 1.84 bits per heavy atom. The van der Waals surface area contributed by atoms with Gasteiger partial charge in [0, 0.05) is 18.1 Å². The largest absolute Gasteiger partial charge is 0.312 e. The molecule has 2 nitrogen and oxygen atoms in total. The van der Waals surface area contributed by atoms with Crippen LogP contribution >= 0.6 is 0 Å². The molecule has 1 saturated carbocycles. The highest BCUT2D eigenvalue weighted by Gasteiger charge is 2.35. The highest BCUT2D eigenvalue weighted by atomic mass is 15.2. The predicted molar refractivity (Wildman–Crippen MR) is 83.4 cm³/mol. The van der Waals surface area contributed by atoms with Gasteiger partial charge in [0.1, 0.15) is 0 Å². The van der Waals surface area contributed by atoms with Gasteiger partial charge in [0.15, 0.2) is 0 Å². The highest BCUT2D eigenvalue weighted by molar-refractivity contribution is 4.89. The van der Waals surface area contributed by atoms with Gasteiger partial charge >= 0.3 is 0 Å². The summed E-state index contributed by atoms with van der Waals surface area (Å²) in [6.45, 7) is 15.6. The van der Waals surface area contributed by atoms with E-state index in [1.165, 1.54) is 45.3 Å². The van der Waals surface area contributed by atoms with Crippen LogP contribution in [-0.2, 0) is 0 Å². The van der Waals surface area contributed by atoms with Gasteiger partial charge in [-0.15, -0.1) is 0 Å². The van der Waals surface area contributed by atoms with Crippen molar-refractivity contribution in [3.63, 3.8) is 0 Å². The molecule has 0 aromatic heterocycles. The van der Waals surface area contributed by atoms with E-state index in [-0.39, 0.29) is 5.54 Å². The van der Waals surface area contributed by atoms with Crippen LogP contribution < -0.4 is 5.32 Å². The highest BCUT2D eigenvalue weighted by Crippen LogP contribution is 2.35. The third-order valence-electron chi connectivity index (χ3n) is 5.37. The second-order valence-electron chi connectivity index (χ2n) is 8.12. The first-order valence-corrected chi connectivity index (χ1v) is 8.36. The van der Waals surface area contributed by atoms with Crippen LogP contribution in [0.3, 0.4) is 0 Å². The zero-order chi connectivity index (χ0) is 14.0. The minimum atomic E-state index is 0.264. The van der Waals surface area contributed by atoms with Gasteiger partial charge in [-0.25, -0.2) is 0 Å². The molecule has 2 fully saturated rings. The topological polar surface area (TPSA) is 15.3 Å². The van der Waals surface area contributed by atoms with Gasteiger partial charge in [0.05, 0.1) is 0 Å². The first-order chi connectivity index (χ1) is 8.87. The molecular formula is C17H34N2. The molecular weight excluding hydrogens is 232 g/mol. The lowest BCUT2D eigenvalue weighted by Gasteiger charge is -2.40. The van der Waals surface area contributed by atoms with E-state index in [2.05, 4.69) is 44.8 Å². The maximum Gasteiger partial charge on any atom is 0.0123 e. The average molecular weight is 266 g/mol. The summed E-state index contributed by atoms with van der Waals surface area (Å²) in [7, 11) is 0. The number of hydrogen-bond acceptors (Lipinski definition) is 2. The number of nitrogens with zero attached hydrogens (tertiary/aromatic N) is 1. The lowest BCUT2D eigenvalue weighted by molar-refractivity contribution is 0.0979. The van der Waals surface area contributed by atoms with Crippen LogP contribution in [0, 0.1) is 17.8 Å². The molecule has 1 N–H and O–H groups in total. The Labute approximate surface area is 120 Å². The van der Waals surface area contributed by atoms with Crippen molar-refractivity contribution in [2.75, 3.05) is 19.6 Å². The summed E-state index contributed by atoms with van der Waals surface area (Å²) < 4.78 is 0. The third kappa shape index (κ3) is 4.19. The molecule has 4 atom stereocenters. The Balaban J connectivity index is 1.81. The van der Waals surface area contributed by atoms with Gasteiger partial charge in [-0.2, -0.15) is 0 Å². The summed E-state index contributed by atoms with van der Waals surface area (Å²) in [6, 6.07) is 0.864. The minimum Gasteiger partial charge on any atom is -0.312 e. The van der Waals surface area contributed by atoms with E-state index < -0.39 is 0 Å². The van der Waals surface area contributed by atoms with Crippen LogP contribution in [-0.4, -0.2) is 36.1 Å². The minimum absolute atomic E-state index is 0.264. The Morgan fingerprint density at radius 3 is 2.53 bits per heavy atom.